The van der Waals surface area contributed by atoms with E-state index >= 15 is 0 Å². The quantitative estimate of drug-likeness (QED) is 0.458. The predicted octanol–water partition coefficient (Wildman–Crippen LogP) is 6.12. The van der Waals surface area contributed by atoms with Crippen LogP contribution in [0.25, 0.3) is 5.57 Å². The Labute approximate surface area is 191 Å². The molecular weight excluding hydrogens is 430 g/mol. The highest BCUT2D eigenvalue weighted by molar-refractivity contribution is 7.98. The second-order valence-electron chi connectivity index (χ2n) is 7.23. The van der Waals surface area contributed by atoms with Gasteiger partial charge in [0, 0.05) is 22.0 Å². The van der Waals surface area contributed by atoms with E-state index in [1.54, 1.807) is 35.9 Å². The molecule has 1 heterocycles. The van der Waals surface area contributed by atoms with Crippen molar-refractivity contribution in [3.05, 3.63) is 100 Å². The van der Waals surface area contributed by atoms with E-state index in [1.165, 1.54) is 0 Å². The minimum atomic E-state index is -0.432. The Morgan fingerprint density at radius 3 is 2.23 bits per heavy atom. The summed E-state index contributed by atoms with van der Waals surface area (Å²) in [6.45, 7) is 0.379. The van der Waals surface area contributed by atoms with Crippen LogP contribution in [0.3, 0.4) is 0 Å². The van der Waals surface area contributed by atoms with Crippen LogP contribution >= 0.6 is 23.4 Å². The molecule has 31 heavy (non-hydrogen) atoms. The van der Waals surface area contributed by atoms with Gasteiger partial charge in [0.25, 0.3) is 5.91 Å². The van der Waals surface area contributed by atoms with Gasteiger partial charge in [0.05, 0.1) is 13.2 Å². The average Bonchev–Trinajstić information content (AvgIpc) is 3.05. The van der Waals surface area contributed by atoms with Crippen LogP contribution in [0.15, 0.2) is 83.5 Å². The molecule has 1 aliphatic rings. The number of rotatable bonds is 6. The summed E-state index contributed by atoms with van der Waals surface area (Å²) in [5.41, 5.74) is 3.23. The highest BCUT2D eigenvalue weighted by Gasteiger charge is 2.41. The number of carbonyl (C=O) groups excluding carboxylic acids is 1. The number of ether oxygens (including phenoxy) is 1. The molecule has 0 aromatic heterocycles. The number of halogens is 1. The van der Waals surface area contributed by atoms with E-state index in [2.05, 4.69) is 0 Å². The van der Waals surface area contributed by atoms with Crippen LogP contribution in [-0.2, 0) is 11.3 Å². The molecule has 4 rings (SSSR count). The molecule has 1 unspecified atom stereocenters. The first-order valence-electron chi connectivity index (χ1n) is 9.78. The molecule has 0 bridgehead atoms. The number of hydrogen-bond donors (Lipinski definition) is 1. The summed E-state index contributed by atoms with van der Waals surface area (Å²) in [5.74, 6) is 0.0903. The third-order valence-corrected chi connectivity index (χ3v) is 6.40. The molecule has 0 saturated carbocycles. The molecule has 1 atom stereocenters. The number of nitrogens with zero attached hydrogens (tertiary/aromatic N) is 1. The molecule has 4 nitrogen and oxygen atoms in total. The molecule has 0 spiro atoms. The minimum absolute atomic E-state index is 0.231. The Bertz CT molecular complexity index is 1110. The summed E-state index contributed by atoms with van der Waals surface area (Å²) < 4.78 is 5.25. The fourth-order valence-electron chi connectivity index (χ4n) is 3.80. The summed E-state index contributed by atoms with van der Waals surface area (Å²) in [4.78, 5) is 16.0. The van der Waals surface area contributed by atoms with E-state index < -0.39 is 6.04 Å². The number of carbonyl (C=O) groups is 1. The predicted molar refractivity (Wildman–Crippen MR) is 126 cm³/mol. The van der Waals surface area contributed by atoms with Gasteiger partial charge < -0.3 is 14.7 Å². The molecule has 158 valence electrons. The van der Waals surface area contributed by atoms with E-state index in [4.69, 9.17) is 16.3 Å². The molecule has 0 fully saturated rings. The number of hydrogen-bond acceptors (Lipinski definition) is 4. The number of methoxy groups -OCH3 is 1. The van der Waals surface area contributed by atoms with Gasteiger partial charge in [0.2, 0.25) is 0 Å². The maximum atomic E-state index is 13.2. The van der Waals surface area contributed by atoms with Crippen molar-refractivity contribution >= 4 is 34.8 Å². The lowest BCUT2D eigenvalue weighted by Gasteiger charge is -2.27. The second kappa shape index (κ2) is 9.08. The normalized spacial score (nSPS) is 16.2. The fraction of sp³-hybridized carbons (Fsp3) is 0.160. The Morgan fingerprint density at radius 1 is 1.00 bits per heavy atom. The van der Waals surface area contributed by atoms with E-state index in [0.29, 0.717) is 22.9 Å². The van der Waals surface area contributed by atoms with Crippen molar-refractivity contribution in [2.45, 2.75) is 17.5 Å². The van der Waals surface area contributed by atoms with Gasteiger partial charge in [-0.1, -0.05) is 48.0 Å². The molecule has 1 aliphatic heterocycles. The van der Waals surface area contributed by atoms with Gasteiger partial charge in [-0.05, 0) is 59.3 Å². The highest BCUT2D eigenvalue weighted by Crippen LogP contribution is 2.44. The van der Waals surface area contributed by atoms with Crippen molar-refractivity contribution in [3.63, 3.8) is 0 Å². The minimum Gasteiger partial charge on any atom is -0.503 e. The maximum Gasteiger partial charge on any atom is 0.290 e. The lowest BCUT2D eigenvalue weighted by atomic mass is 9.93. The monoisotopic (exact) mass is 451 g/mol. The van der Waals surface area contributed by atoms with Gasteiger partial charge in [0.1, 0.15) is 5.75 Å². The van der Waals surface area contributed by atoms with Crippen LogP contribution in [-0.4, -0.2) is 29.3 Å². The third kappa shape index (κ3) is 4.29. The smallest absolute Gasteiger partial charge is 0.290 e. The molecule has 3 aromatic carbocycles. The van der Waals surface area contributed by atoms with Crippen LogP contribution < -0.4 is 4.74 Å². The summed E-state index contributed by atoms with van der Waals surface area (Å²) in [5, 5.41) is 11.5. The molecule has 0 aliphatic carbocycles. The van der Waals surface area contributed by atoms with Crippen LogP contribution in [0.2, 0.25) is 5.02 Å². The van der Waals surface area contributed by atoms with Crippen molar-refractivity contribution in [2.24, 2.45) is 0 Å². The topological polar surface area (TPSA) is 49.8 Å². The van der Waals surface area contributed by atoms with Gasteiger partial charge in [-0.3, -0.25) is 4.79 Å². The molecule has 1 amide bonds. The SMILES string of the molecule is COc1ccc(C2=C(O)C(=O)N(Cc3ccc(SC)cc3)C2c2ccc(Cl)cc2)cc1. The largest absolute Gasteiger partial charge is 0.503 e. The van der Waals surface area contributed by atoms with Gasteiger partial charge in [-0.2, -0.15) is 0 Å². The fourth-order valence-corrected chi connectivity index (χ4v) is 4.34. The second-order valence-corrected chi connectivity index (χ2v) is 8.54. The lowest BCUT2D eigenvalue weighted by Crippen LogP contribution is -2.29. The van der Waals surface area contributed by atoms with Gasteiger partial charge in [-0.25, -0.2) is 0 Å². The summed E-state index contributed by atoms with van der Waals surface area (Å²) in [6.07, 6.45) is 2.03. The molecule has 0 saturated heterocycles. The Morgan fingerprint density at radius 2 is 1.65 bits per heavy atom. The zero-order valence-electron chi connectivity index (χ0n) is 17.2. The van der Waals surface area contributed by atoms with Crippen LogP contribution in [0, 0.1) is 0 Å². The van der Waals surface area contributed by atoms with Crippen molar-refractivity contribution in [3.8, 4) is 5.75 Å². The summed E-state index contributed by atoms with van der Waals surface area (Å²) in [6, 6.07) is 22.4. The van der Waals surface area contributed by atoms with Crippen LogP contribution in [0.4, 0.5) is 0 Å². The first kappa shape index (κ1) is 21.3. The van der Waals surface area contributed by atoms with Gasteiger partial charge >= 0.3 is 0 Å². The van der Waals surface area contributed by atoms with Crippen LogP contribution in [0.1, 0.15) is 22.7 Å². The first-order valence-corrected chi connectivity index (χ1v) is 11.4. The number of aliphatic hydroxyl groups excluding tert-OH is 1. The van der Waals surface area contributed by atoms with Gasteiger partial charge in [-0.15, -0.1) is 11.8 Å². The number of aliphatic hydroxyl groups is 1. The van der Waals surface area contributed by atoms with Crippen molar-refractivity contribution in [2.75, 3.05) is 13.4 Å². The third-order valence-electron chi connectivity index (χ3n) is 5.40. The zero-order valence-corrected chi connectivity index (χ0v) is 18.8. The molecule has 1 N–H and O–H groups in total. The van der Waals surface area contributed by atoms with E-state index in [-0.39, 0.29) is 11.7 Å². The molecule has 0 radical (unpaired) electrons. The number of amides is 1. The zero-order chi connectivity index (χ0) is 22.0. The van der Waals surface area contributed by atoms with Crippen LogP contribution in [0.5, 0.6) is 5.75 Å². The maximum absolute atomic E-state index is 13.2. The standard InChI is InChI=1S/C25H22ClNO3S/c1-30-20-11-7-17(8-12-20)22-23(18-5-9-19(26)10-6-18)27(25(29)24(22)28)15-16-3-13-21(31-2)14-4-16/h3-14,23,28H,15H2,1-2H3. The first-order chi connectivity index (χ1) is 15.0. The van der Waals surface area contributed by atoms with E-state index in [1.807, 2.05) is 66.9 Å². The van der Waals surface area contributed by atoms with Gasteiger partial charge in [0.15, 0.2) is 5.76 Å². The molecule has 3 aromatic rings. The van der Waals surface area contributed by atoms with E-state index in [9.17, 15) is 9.90 Å². The Kier molecular flexibility index (Phi) is 6.25. The Hall–Kier alpha value is -2.89. The molecule has 6 heteroatoms. The highest BCUT2D eigenvalue weighted by atomic mass is 35.5. The lowest BCUT2D eigenvalue weighted by molar-refractivity contribution is -0.130. The van der Waals surface area contributed by atoms with Crippen molar-refractivity contribution in [1.29, 1.82) is 0 Å². The average molecular weight is 452 g/mol. The van der Waals surface area contributed by atoms with Crippen molar-refractivity contribution in [1.82, 2.24) is 4.90 Å². The Balaban J connectivity index is 1.76. The van der Waals surface area contributed by atoms with Crippen molar-refractivity contribution < 1.29 is 14.6 Å². The number of thioether (sulfide) groups is 1. The van der Waals surface area contributed by atoms with E-state index in [0.717, 1.165) is 21.6 Å². The molecular formula is C25H22ClNO3S. The summed E-state index contributed by atoms with van der Waals surface area (Å²) in [7, 11) is 1.60. The number of benzene rings is 3. The summed E-state index contributed by atoms with van der Waals surface area (Å²) >= 11 is 7.77.